The molecule has 12 nitrogen and oxygen atoms in total. The summed E-state index contributed by atoms with van der Waals surface area (Å²) in [6, 6.07) is 35.8. The molecule has 0 bridgehead atoms. The van der Waals surface area contributed by atoms with Crippen molar-refractivity contribution in [3.63, 3.8) is 0 Å². The standard InChI is InChI=1S/C44H47ClN6O6S2/c1-48(2)43(52)23-18-36(31-58-38-9-4-3-5-10-38)46-41-22-21-39(30-42(41)51(54)55)59(56,57)47-44(53)34-14-19-37(20-15-34)50-28-26-49(27-29-50)25-24-32-8-6-7-11-40(32)33-12-16-35(45)17-13-33/h3-17,19-22,30,36,46H,18,23-29,31H2,1-2H3,(H,47,53)/t36-/m1/s1. The van der Waals surface area contributed by atoms with E-state index in [1.165, 1.54) is 39.9 Å². The predicted octanol–water partition coefficient (Wildman–Crippen LogP) is 7.84. The zero-order valence-corrected chi connectivity index (χ0v) is 35.3. The van der Waals surface area contributed by atoms with Crippen molar-refractivity contribution in [2.45, 2.75) is 35.1 Å². The summed E-state index contributed by atoms with van der Waals surface area (Å²) in [5.74, 6) is -0.440. The molecule has 1 fully saturated rings. The zero-order chi connectivity index (χ0) is 41.9. The molecule has 0 spiro atoms. The van der Waals surface area contributed by atoms with Crippen LogP contribution in [-0.4, -0.2) is 93.6 Å². The van der Waals surface area contributed by atoms with E-state index < -0.39 is 31.4 Å². The zero-order valence-electron chi connectivity index (χ0n) is 32.9. The number of carbonyl (C=O) groups is 2. The number of amides is 2. The number of rotatable bonds is 17. The second-order valence-electron chi connectivity index (χ2n) is 14.5. The van der Waals surface area contributed by atoms with Crippen LogP contribution in [0.1, 0.15) is 28.8 Å². The maximum absolute atomic E-state index is 13.4. The number of nitrogens with zero attached hydrogens (tertiary/aromatic N) is 4. The van der Waals surface area contributed by atoms with Crippen LogP contribution in [0.25, 0.3) is 11.1 Å². The summed E-state index contributed by atoms with van der Waals surface area (Å²) in [7, 11) is -1.15. The second kappa shape index (κ2) is 20.0. The molecule has 59 heavy (non-hydrogen) atoms. The number of piperazine rings is 1. The number of hydrogen-bond donors (Lipinski definition) is 2. The van der Waals surface area contributed by atoms with E-state index in [0.717, 1.165) is 61.4 Å². The molecular formula is C44H47ClN6O6S2. The average Bonchev–Trinajstić information content (AvgIpc) is 3.24. The highest BCUT2D eigenvalue weighted by atomic mass is 35.5. The number of hydrogen-bond acceptors (Lipinski definition) is 10. The molecule has 0 radical (unpaired) electrons. The Morgan fingerprint density at radius 2 is 1.56 bits per heavy atom. The monoisotopic (exact) mass is 854 g/mol. The molecule has 1 aliphatic heterocycles. The van der Waals surface area contributed by atoms with Crippen molar-refractivity contribution >= 4 is 62.3 Å². The van der Waals surface area contributed by atoms with Crippen LogP contribution in [0.15, 0.2) is 131 Å². The molecule has 0 aromatic heterocycles. The third-order valence-corrected chi connectivity index (χ3v) is 13.0. The Morgan fingerprint density at radius 3 is 2.24 bits per heavy atom. The number of halogens is 1. The number of sulfonamides is 1. The summed E-state index contributed by atoms with van der Waals surface area (Å²) >= 11 is 7.65. The van der Waals surface area contributed by atoms with Gasteiger partial charge in [-0.1, -0.05) is 66.2 Å². The van der Waals surface area contributed by atoms with E-state index in [9.17, 15) is 28.1 Å². The van der Waals surface area contributed by atoms with Gasteiger partial charge in [0, 0.05) is 92.3 Å². The van der Waals surface area contributed by atoms with Crippen LogP contribution in [0.5, 0.6) is 0 Å². The van der Waals surface area contributed by atoms with Crippen molar-refractivity contribution in [3.8, 4) is 11.1 Å². The Hall–Kier alpha value is -5.41. The van der Waals surface area contributed by atoms with E-state index in [0.29, 0.717) is 17.2 Å². The van der Waals surface area contributed by atoms with Crippen LogP contribution in [0, 0.1) is 10.1 Å². The summed E-state index contributed by atoms with van der Waals surface area (Å²) in [5, 5.41) is 16.1. The summed E-state index contributed by atoms with van der Waals surface area (Å²) in [6.45, 7) is 4.25. The molecule has 1 saturated heterocycles. The Labute approximate surface area is 354 Å². The summed E-state index contributed by atoms with van der Waals surface area (Å²) < 4.78 is 28.8. The fraction of sp³-hybridized carbons (Fsp3) is 0.273. The van der Waals surface area contributed by atoms with Crippen LogP contribution < -0.4 is 14.9 Å². The molecule has 5 aromatic rings. The lowest BCUT2D eigenvalue weighted by Crippen LogP contribution is -2.47. The molecule has 0 unspecified atom stereocenters. The fourth-order valence-corrected chi connectivity index (χ4v) is 8.94. The highest BCUT2D eigenvalue weighted by Crippen LogP contribution is 2.31. The van der Waals surface area contributed by atoms with E-state index in [1.807, 2.05) is 54.6 Å². The maximum atomic E-state index is 13.4. The van der Waals surface area contributed by atoms with Gasteiger partial charge in [-0.15, -0.1) is 11.8 Å². The topological polar surface area (TPSA) is 145 Å². The third kappa shape index (κ3) is 11.8. The smallest absolute Gasteiger partial charge is 0.293 e. The molecule has 1 heterocycles. The minimum atomic E-state index is -4.48. The Bertz CT molecular complexity index is 2340. The van der Waals surface area contributed by atoms with E-state index in [-0.39, 0.29) is 29.6 Å². The fourth-order valence-electron chi connectivity index (χ4n) is 6.82. The molecule has 5 aromatic carbocycles. The van der Waals surface area contributed by atoms with Gasteiger partial charge in [0.1, 0.15) is 5.69 Å². The summed E-state index contributed by atoms with van der Waals surface area (Å²) in [5.41, 5.74) is 4.31. The van der Waals surface area contributed by atoms with E-state index in [1.54, 1.807) is 38.4 Å². The van der Waals surface area contributed by atoms with Gasteiger partial charge in [-0.3, -0.25) is 24.6 Å². The molecule has 2 amide bonds. The summed E-state index contributed by atoms with van der Waals surface area (Å²) in [4.78, 5) is 43.8. The van der Waals surface area contributed by atoms with Crippen LogP contribution in [0.4, 0.5) is 17.1 Å². The predicted molar refractivity (Wildman–Crippen MR) is 236 cm³/mol. The molecule has 1 aliphatic rings. The van der Waals surface area contributed by atoms with Crippen LogP contribution in [-0.2, 0) is 21.2 Å². The normalized spacial score (nSPS) is 13.7. The minimum absolute atomic E-state index is 0.0822. The lowest BCUT2D eigenvalue weighted by molar-refractivity contribution is -0.384. The number of nitro benzene ring substituents is 1. The first-order chi connectivity index (χ1) is 28.4. The van der Waals surface area contributed by atoms with Gasteiger partial charge in [0.05, 0.1) is 9.82 Å². The Morgan fingerprint density at radius 1 is 0.881 bits per heavy atom. The Kier molecular flexibility index (Phi) is 14.7. The van der Waals surface area contributed by atoms with Crippen molar-refractivity contribution in [2.75, 3.05) is 62.8 Å². The van der Waals surface area contributed by atoms with Crippen molar-refractivity contribution < 1.29 is 22.9 Å². The van der Waals surface area contributed by atoms with Gasteiger partial charge < -0.3 is 15.1 Å². The van der Waals surface area contributed by atoms with Gasteiger partial charge in [0.2, 0.25) is 5.91 Å². The van der Waals surface area contributed by atoms with Gasteiger partial charge in [0.15, 0.2) is 0 Å². The molecule has 0 saturated carbocycles. The lowest BCUT2D eigenvalue weighted by atomic mass is 9.97. The molecular weight excluding hydrogens is 808 g/mol. The second-order valence-corrected chi connectivity index (χ2v) is 17.7. The maximum Gasteiger partial charge on any atom is 0.293 e. The first kappa shape index (κ1) is 43.2. The van der Waals surface area contributed by atoms with Gasteiger partial charge in [-0.25, -0.2) is 13.1 Å². The number of anilines is 2. The van der Waals surface area contributed by atoms with Gasteiger partial charge >= 0.3 is 0 Å². The van der Waals surface area contributed by atoms with Gasteiger partial charge in [-0.2, -0.15) is 0 Å². The SMILES string of the molecule is CN(C)C(=O)CC[C@H](CSc1ccccc1)Nc1ccc(S(=O)(=O)NC(=O)c2ccc(N3CCN(CCc4ccccc4-c4ccc(Cl)cc4)CC3)cc2)cc1[N+](=O)[O-]. The summed E-state index contributed by atoms with van der Waals surface area (Å²) in [6.07, 6.45) is 1.52. The Balaban J connectivity index is 1.04. The first-order valence-corrected chi connectivity index (χ1v) is 22.1. The van der Waals surface area contributed by atoms with Crippen LogP contribution in [0.2, 0.25) is 5.02 Å². The number of nitrogens with one attached hydrogen (secondary N) is 2. The largest absolute Gasteiger partial charge is 0.376 e. The van der Waals surface area contributed by atoms with Gasteiger partial charge in [-0.05, 0) is 90.2 Å². The average molecular weight is 855 g/mol. The highest BCUT2D eigenvalue weighted by molar-refractivity contribution is 7.99. The molecule has 2 N–H and O–H groups in total. The van der Waals surface area contributed by atoms with Crippen molar-refractivity contribution in [2.24, 2.45) is 0 Å². The lowest BCUT2D eigenvalue weighted by Gasteiger charge is -2.36. The van der Waals surface area contributed by atoms with Crippen LogP contribution >= 0.6 is 23.4 Å². The van der Waals surface area contributed by atoms with Crippen LogP contribution in [0.3, 0.4) is 0 Å². The third-order valence-electron chi connectivity index (χ3n) is 10.2. The molecule has 1 atom stereocenters. The minimum Gasteiger partial charge on any atom is -0.376 e. The van der Waals surface area contributed by atoms with Crippen molar-refractivity contribution in [3.05, 3.63) is 148 Å². The van der Waals surface area contributed by atoms with Gasteiger partial charge in [0.25, 0.3) is 21.6 Å². The molecule has 15 heteroatoms. The first-order valence-electron chi connectivity index (χ1n) is 19.3. The number of nitro groups is 1. The van der Waals surface area contributed by atoms with E-state index in [4.69, 9.17) is 11.6 Å². The number of benzene rings is 5. The van der Waals surface area contributed by atoms with E-state index in [2.05, 4.69) is 44.1 Å². The quantitative estimate of drug-likeness (QED) is 0.0539. The molecule has 308 valence electrons. The van der Waals surface area contributed by atoms with Crippen molar-refractivity contribution in [1.29, 1.82) is 0 Å². The number of carbonyl (C=O) groups excluding carboxylic acids is 2. The highest BCUT2D eigenvalue weighted by Gasteiger charge is 2.26. The molecule has 0 aliphatic carbocycles. The number of thioether (sulfide) groups is 1. The van der Waals surface area contributed by atoms with E-state index >= 15 is 0 Å². The van der Waals surface area contributed by atoms with Crippen molar-refractivity contribution in [1.82, 2.24) is 14.5 Å². The molecule has 6 rings (SSSR count).